The molecule has 0 aliphatic rings. The fraction of sp³-hybridized carbons (Fsp3) is 0.538. The zero-order valence-electron chi connectivity index (χ0n) is 12.0. The van der Waals surface area contributed by atoms with Gasteiger partial charge in [0.05, 0.1) is 25.2 Å². The molecule has 0 bridgehead atoms. The Morgan fingerprint density at radius 2 is 1.65 bits per heavy atom. The lowest BCUT2D eigenvalue weighted by molar-refractivity contribution is 0.217. The Kier molecular flexibility index (Phi) is 5.94. The van der Waals surface area contributed by atoms with Crippen LogP contribution in [0.25, 0.3) is 0 Å². The normalized spacial score (nSPS) is 11.9. The van der Waals surface area contributed by atoms with Crippen molar-refractivity contribution >= 4 is 10.0 Å². The van der Waals surface area contributed by atoms with Gasteiger partial charge in [-0.3, -0.25) is 0 Å². The molecule has 0 fully saturated rings. The third kappa shape index (κ3) is 3.49. The maximum Gasteiger partial charge on any atom is 0.243 e. The number of benzene rings is 1. The van der Waals surface area contributed by atoms with Crippen LogP contribution < -0.4 is 4.74 Å². The number of methoxy groups -OCH3 is 1. The molecule has 0 aliphatic carbocycles. The van der Waals surface area contributed by atoms with Gasteiger partial charge in [0.25, 0.3) is 0 Å². The number of aliphatic hydroxyl groups is 2. The predicted octanol–water partition coefficient (Wildman–Crippen LogP) is 0.287. The quantitative estimate of drug-likeness (QED) is 0.756. The van der Waals surface area contributed by atoms with E-state index in [2.05, 4.69) is 0 Å². The van der Waals surface area contributed by atoms with E-state index in [4.69, 9.17) is 14.9 Å². The molecule has 114 valence electrons. The van der Waals surface area contributed by atoms with Crippen LogP contribution in [0.3, 0.4) is 0 Å². The van der Waals surface area contributed by atoms with Crippen molar-refractivity contribution in [3.8, 4) is 5.75 Å². The van der Waals surface area contributed by atoms with Crippen molar-refractivity contribution < 1.29 is 23.4 Å². The second-order valence-electron chi connectivity index (χ2n) is 4.44. The Bertz CT molecular complexity index is 550. The Morgan fingerprint density at radius 1 is 1.10 bits per heavy atom. The van der Waals surface area contributed by atoms with E-state index < -0.39 is 10.0 Å². The first-order valence-corrected chi connectivity index (χ1v) is 7.69. The molecule has 7 heteroatoms. The number of hydrogen-bond acceptors (Lipinski definition) is 5. The largest absolute Gasteiger partial charge is 0.496 e. The summed E-state index contributed by atoms with van der Waals surface area (Å²) in [5, 5.41) is 18.0. The van der Waals surface area contributed by atoms with E-state index in [-0.39, 0.29) is 31.2 Å². The molecule has 1 rings (SSSR count). The minimum atomic E-state index is -3.77. The van der Waals surface area contributed by atoms with Crippen LogP contribution in [0.1, 0.15) is 11.1 Å². The number of aryl methyl sites for hydroxylation is 2. The van der Waals surface area contributed by atoms with Crippen LogP contribution >= 0.6 is 0 Å². The van der Waals surface area contributed by atoms with E-state index in [0.717, 1.165) is 9.87 Å². The maximum atomic E-state index is 12.6. The van der Waals surface area contributed by atoms with Crippen molar-refractivity contribution in [3.05, 3.63) is 23.3 Å². The van der Waals surface area contributed by atoms with Gasteiger partial charge in [0.15, 0.2) is 0 Å². The van der Waals surface area contributed by atoms with Crippen LogP contribution in [-0.4, -0.2) is 56.3 Å². The van der Waals surface area contributed by atoms with Crippen molar-refractivity contribution in [3.63, 3.8) is 0 Å². The van der Waals surface area contributed by atoms with Crippen molar-refractivity contribution in [2.24, 2.45) is 0 Å². The first-order valence-electron chi connectivity index (χ1n) is 6.25. The number of ether oxygens (including phenoxy) is 1. The molecule has 0 saturated carbocycles. The summed E-state index contributed by atoms with van der Waals surface area (Å²) in [6, 6.07) is 3.21. The Balaban J connectivity index is 3.32. The summed E-state index contributed by atoms with van der Waals surface area (Å²) >= 11 is 0. The highest BCUT2D eigenvalue weighted by Crippen LogP contribution is 2.27. The van der Waals surface area contributed by atoms with Gasteiger partial charge in [-0.15, -0.1) is 0 Å². The minimum Gasteiger partial charge on any atom is -0.496 e. The molecule has 0 atom stereocenters. The monoisotopic (exact) mass is 303 g/mol. The van der Waals surface area contributed by atoms with E-state index in [1.165, 1.54) is 13.2 Å². The van der Waals surface area contributed by atoms with Gasteiger partial charge in [0.2, 0.25) is 10.0 Å². The van der Waals surface area contributed by atoms with Crippen molar-refractivity contribution in [2.45, 2.75) is 18.7 Å². The summed E-state index contributed by atoms with van der Waals surface area (Å²) in [4.78, 5) is 0.127. The number of hydrogen-bond donors (Lipinski definition) is 2. The molecule has 1 aromatic rings. The van der Waals surface area contributed by atoms with E-state index in [0.29, 0.717) is 11.3 Å². The molecule has 0 saturated heterocycles. The van der Waals surface area contributed by atoms with Gasteiger partial charge in [-0.25, -0.2) is 8.42 Å². The molecule has 0 aromatic heterocycles. The summed E-state index contributed by atoms with van der Waals surface area (Å²) in [5.41, 5.74) is 1.45. The first-order chi connectivity index (χ1) is 9.38. The van der Waals surface area contributed by atoms with Crippen molar-refractivity contribution in [2.75, 3.05) is 33.4 Å². The molecule has 0 aliphatic heterocycles. The Hall–Kier alpha value is -1.15. The molecule has 0 spiro atoms. The Morgan fingerprint density at radius 3 is 2.10 bits per heavy atom. The topological polar surface area (TPSA) is 87.1 Å². The number of rotatable bonds is 7. The molecule has 20 heavy (non-hydrogen) atoms. The smallest absolute Gasteiger partial charge is 0.243 e. The molecule has 2 N–H and O–H groups in total. The Labute approximate surface area is 119 Å². The zero-order chi connectivity index (χ0) is 15.3. The van der Waals surface area contributed by atoms with Gasteiger partial charge < -0.3 is 14.9 Å². The molecule has 0 heterocycles. The first kappa shape index (κ1) is 16.9. The van der Waals surface area contributed by atoms with E-state index in [1.807, 2.05) is 6.92 Å². The van der Waals surface area contributed by atoms with Crippen LogP contribution in [0.15, 0.2) is 17.0 Å². The van der Waals surface area contributed by atoms with Crippen LogP contribution in [0.2, 0.25) is 0 Å². The van der Waals surface area contributed by atoms with E-state index >= 15 is 0 Å². The highest BCUT2D eigenvalue weighted by molar-refractivity contribution is 7.89. The summed E-state index contributed by atoms with van der Waals surface area (Å²) in [5.74, 6) is 0.488. The van der Waals surface area contributed by atoms with Crippen LogP contribution in [0.4, 0.5) is 0 Å². The number of nitrogens with zero attached hydrogens (tertiary/aromatic N) is 1. The standard InChI is InChI=1S/C13H21NO5S/c1-10-8-11(2)13(9-12(10)19-3)20(17,18)14(4-6-15)5-7-16/h8-9,15-16H,4-7H2,1-3H3. The molecule has 0 unspecified atom stereocenters. The van der Waals surface area contributed by atoms with Gasteiger partial charge >= 0.3 is 0 Å². The van der Waals surface area contributed by atoms with Gasteiger partial charge in [0, 0.05) is 19.2 Å². The average Bonchev–Trinajstić information content (AvgIpc) is 2.38. The SMILES string of the molecule is COc1cc(S(=O)(=O)N(CCO)CCO)c(C)cc1C. The van der Waals surface area contributed by atoms with Crippen LogP contribution in [-0.2, 0) is 10.0 Å². The maximum absolute atomic E-state index is 12.6. The van der Waals surface area contributed by atoms with E-state index in [9.17, 15) is 8.42 Å². The van der Waals surface area contributed by atoms with Gasteiger partial charge in [0.1, 0.15) is 5.75 Å². The van der Waals surface area contributed by atoms with Gasteiger partial charge in [-0.1, -0.05) is 6.07 Å². The fourth-order valence-corrected chi connectivity index (χ4v) is 3.67. The molecule has 0 amide bonds. The number of sulfonamides is 1. The van der Waals surface area contributed by atoms with E-state index in [1.54, 1.807) is 13.0 Å². The third-order valence-electron chi connectivity index (χ3n) is 3.01. The lowest BCUT2D eigenvalue weighted by Gasteiger charge is -2.22. The predicted molar refractivity (Wildman–Crippen MR) is 75.4 cm³/mol. The number of aliphatic hydroxyl groups excluding tert-OH is 2. The fourth-order valence-electron chi connectivity index (χ4n) is 2.03. The lowest BCUT2D eigenvalue weighted by Crippen LogP contribution is -2.36. The average molecular weight is 303 g/mol. The molecule has 0 radical (unpaired) electrons. The summed E-state index contributed by atoms with van der Waals surface area (Å²) in [6.45, 7) is 2.82. The van der Waals surface area contributed by atoms with Gasteiger partial charge in [-0.05, 0) is 25.0 Å². The van der Waals surface area contributed by atoms with Crippen LogP contribution in [0.5, 0.6) is 5.75 Å². The molecular formula is C13H21NO5S. The second kappa shape index (κ2) is 7.03. The van der Waals surface area contributed by atoms with Crippen molar-refractivity contribution in [1.82, 2.24) is 4.31 Å². The molecule has 1 aromatic carbocycles. The van der Waals surface area contributed by atoms with Crippen molar-refractivity contribution in [1.29, 1.82) is 0 Å². The third-order valence-corrected chi connectivity index (χ3v) is 5.05. The van der Waals surface area contributed by atoms with Crippen LogP contribution in [0, 0.1) is 13.8 Å². The minimum absolute atomic E-state index is 0.0570. The summed E-state index contributed by atoms with van der Waals surface area (Å²) in [6.07, 6.45) is 0. The lowest BCUT2D eigenvalue weighted by atomic mass is 10.1. The van der Waals surface area contributed by atoms with Gasteiger partial charge in [-0.2, -0.15) is 4.31 Å². The highest BCUT2D eigenvalue weighted by Gasteiger charge is 2.26. The highest BCUT2D eigenvalue weighted by atomic mass is 32.2. The second-order valence-corrected chi connectivity index (χ2v) is 6.34. The molecular weight excluding hydrogens is 282 g/mol. The summed E-state index contributed by atoms with van der Waals surface area (Å²) < 4.78 is 31.3. The molecule has 6 nitrogen and oxygen atoms in total. The zero-order valence-corrected chi connectivity index (χ0v) is 12.8. The summed E-state index contributed by atoms with van der Waals surface area (Å²) in [7, 11) is -2.29.